The van der Waals surface area contributed by atoms with Crippen LogP contribution in [0.3, 0.4) is 0 Å². The van der Waals surface area contributed by atoms with Crippen molar-refractivity contribution in [3.05, 3.63) is 0 Å². The smallest absolute Gasteiger partial charge is 0.320 e. The summed E-state index contributed by atoms with van der Waals surface area (Å²) >= 11 is 0. The molecule has 0 aliphatic heterocycles. The highest BCUT2D eigenvalue weighted by atomic mass is 16.4. The van der Waals surface area contributed by atoms with Crippen molar-refractivity contribution in [1.82, 2.24) is 0 Å². The van der Waals surface area contributed by atoms with Gasteiger partial charge in [0.2, 0.25) is 0 Å². The minimum atomic E-state index is -1.17. The molecule has 0 aliphatic rings. The second-order valence-corrected chi connectivity index (χ2v) is 7.97. The van der Waals surface area contributed by atoms with E-state index in [0.717, 1.165) is 12.8 Å². The molecule has 7 heteroatoms. The first-order valence-corrected chi connectivity index (χ1v) is 11.7. The maximum atomic E-state index is 10.3. The zero-order valence-electron chi connectivity index (χ0n) is 18.9. The lowest BCUT2D eigenvalue weighted by molar-refractivity contribution is -0.140. The largest absolute Gasteiger partial charge is 0.481 e. The van der Waals surface area contributed by atoms with Crippen LogP contribution in [0.4, 0.5) is 0 Å². The summed E-state index contributed by atoms with van der Waals surface area (Å²) in [6, 6.07) is -1.06. The van der Waals surface area contributed by atoms with Crippen LogP contribution in [-0.4, -0.2) is 39.3 Å². The molecule has 7 nitrogen and oxygen atoms in total. The molecule has 0 aromatic rings. The Balaban J connectivity index is 0. The Kier molecular flexibility index (Phi) is 24.1. The van der Waals surface area contributed by atoms with Crippen molar-refractivity contribution in [3.63, 3.8) is 0 Å². The summed E-state index contributed by atoms with van der Waals surface area (Å²) in [5.41, 5.74) is 5.00. The quantitative estimate of drug-likeness (QED) is 0.184. The van der Waals surface area contributed by atoms with Crippen LogP contribution in [0.25, 0.3) is 0 Å². The summed E-state index contributed by atoms with van der Waals surface area (Å²) in [6.45, 7) is 2.27. The highest BCUT2D eigenvalue weighted by molar-refractivity contribution is 5.74. The molecule has 0 aliphatic carbocycles. The van der Waals surface area contributed by atoms with Crippen molar-refractivity contribution in [2.24, 2.45) is 5.73 Å². The van der Waals surface area contributed by atoms with Gasteiger partial charge in [0.15, 0.2) is 0 Å². The molecule has 5 N–H and O–H groups in total. The van der Waals surface area contributed by atoms with Crippen LogP contribution in [0.1, 0.15) is 122 Å². The fraction of sp³-hybridized carbons (Fsp3) is 0.870. The number of nitrogens with two attached hydrogens (primary N) is 1. The van der Waals surface area contributed by atoms with E-state index in [4.69, 9.17) is 21.1 Å². The lowest BCUT2D eigenvalue weighted by Crippen LogP contribution is -2.30. The van der Waals surface area contributed by atoms with Gasteiger partial charge in [-0.1, -0.05) is 96.8 Å². The van der Waals surface area contributed by atoms with Crippen molar-refractivity contribution in [1.29, 1.82) is 0 Å². The van der Waals surface area contributed by atoms with E-state index in [9.17, 15) is 14.4 Å². The maximum absolute atomic E-state index is 10.3. The van der Waals surface area contributed by atoms with E-state index in [-0.39, 0.29) is 12.8 Å². The van der Waals surface area contributed by atoms with Crippen LogP contribution in [0.5, 0.6) is 0 Å². The summed E-state index contributed by atoms with van der Waals surface area (Å²) in [5, 5.41) is 24.8. The predicted molar refractivity (Wildman–Crippen MR) is 120 cm³/mol. The van der Waals surface area contributed by atoms with Crippen molar-refractivity contribution in [3.8, 4) is 0 Å². The Bertz CT molecular complexity index is 428. The molecule has 0 radical (unpaired) electrons. The molecule has 0 bridgehead atoms. The molecule has 178 valence electrons. The molecule has 0 aromatic heterocycles. The Hall–Kier alpha value is -1.63. The van der Waals surface area contributed by atoms with Gasteiger partial charge in [0.1, 0.15) is 6.04 Å². The summed E-state index contributed by atoms with van der Waals surface area (Å²) in [5.74, 6) is -2.85. The Morgan fingerprint density at radius 2 is 0.933 bits per heavy atom. The molecule has 0 amide bonds. The van der Waals surface area contributed by atoms with Crippen molar-refractivity contribution in [2.45, 2.75) is 129 Å². The molecule has 0 fully saturated rings. The van der Waals surface area contributed by atoms with Gasteiger partial charge in [-0.05, 0) is 12.8 Å². The number of carboxylic acid groups (broad SMARTS) is 3. The van der Waals surface area contributed by atoms with Crippen LogP contribution in [0.15, 0.2) is 0 Å². The lowest BCUT2D eigenvalue weighted by Gasteiger charge is -2.03. The van der Waals surface area contributed by atoms with E-state index < -0.39 is 23.9 Å². The molecule has 0 saturated heterocycles. The molecule has 0 heterocycles. The van der Waals surface area contributed by atoms with E-state index in [1.54, 1.807) is 0 Å². The molecule has 0 rings (SSSR count). The molecule has 0 spiro atoms. The first-order valence-electron chi connectivity index (χ1n) is 11.7. The summed E-state index contributed by atoms with van der Waals surface area (Å²) < 4.78 is 0. The van der Waals surface area contributed by atoms with Crippen molar-refractivity contribution >= 4 is 17.9 Å². The van der Waals surface area contributed by atoms with Crippen LogP contribution in [0.2, 0.25) is 0 Å². The summed E-state index contributed by atoms with van der Waals surface area (Å²) in [6.07, 6.45) is 20.0. The predicted octanol–water partition coefficient (Wildman–Crippen LogP) is 5.60. The molecule has 30 heavy (non-hydrogen) atoms. The SMILES string of the molecule is CCCCCCCCCCCCCCCCCC(=O)O.NC(CCC(=O)O)C(=O)O. The third-order valence-electron chi connectivity index (χ3n) is 4.98. The molecular formula is C23H45NO6. The second-order valence-electron chi connectivity index (χ2n) is 7.97. The van der Waals surface area contributed by atoms with E-state index >= 15 is 0 Å². The van der Waals surface area contributed by atoms with Gasteiger partial charge in [-0.25, -0.2) is 0 Å². The van der Waals surface area contributed by atoms with Crippen LogP contribution < -0.4 is 5.73 Å². The minimum absolute atomic E-state index is 0.0231. The number of hydrogen-bond donors (Lipinski definition) is 4. The van der Waals surface area contributed by atoms with E-state index in [2.05, 4.69) is 6.92 Å². The van der Waals surface area contributed by atoms with Gasteiger partial charge < -0.3 is 21.1 Å². The van der Waals surface area contributed by atoms with Gasteiger partial charge >= 0.3 is 17.9 Å². The van der Waals surface area contributed by atoms with Gasteiger partial charge in [-0.3, -0.25) is 14.4 Å². The summed E-state index contributed by atoms with van der Waals surface area (Å²) in [7, 11) is 0. The lowest BCUT2D eigenvalue weighted by atomic mass is 10.0. The Morgan fingerprint density at radius 1 is 0.600 bits per heavy atom. The average molecular weight is 432 g/mol. The fourth-order valence-corrected chi connectivity index (χ4v) is 3.05. The van der Waals surface area contributed by atoms with Gasteiger partial charge in [0.05, 0.1) is 0 Å². The monoisotopic (exact) mass is 431 g/mol. The zero-order chi connectivity index (χ0) is 23.0. The van der Waals surface area contributed by atoms with E-state index in [0.29, 0.717) is 6.42 Å². The van der Waals surface area contributed by atoms with Crippen molar-refractivity contribution in [2.75, 3.05) is 0 Å². The number of aliphatic carboxylic acids is 3. The fourth-order valence-electron chi connectivity index (χ4n) is 3.05. The van der Waals surface area contributed by atoms with Gasteiger partial charge in [-0.15, -0.1) is 0 Å². The van der Waals surface area contributed by atoms with Crippen LogP contribution >= 0.6 is 0 Å². The third-order valence-corrected chi connectivity index (χ3v) is 4.98. The van der Waals surface area contributed by atoms with Gasteiger partial charge in [-0.2, -0.15) is 0 Å². The number of carbonyl (C=O) groups is 3. The number of carboxylic acids is 3. The molecule has 0 aromatic carbocycles. The molecule has 1 atom stereocenters. The standard InChI is InChI=1S/C18H36O2.C5H9NO4/c1-2-3-4-5-6-7-8-9-10-11-12-13-14-15-16-17-18(19)20;6-3(5(9)10)1-2-4(7)8/h2-17H2,1H3,(H,19,20);3H,1-2,6H2,(H,7,8)(H,9,10). The maximum Gasteiger partial charge on any atom is 0.320 e. The van der Waals surface area contributed by atoms with Crippen molar-refractivity contribution < 1.29 is 29.7 Å². The number of unbranched alkanes of at least 4 members (excludes halogenated alkanes) is 14. The first kappa shape index (κ1) is 30.6. The average Bonchev–Trinajstić information content (AvgIpc) is 2.69. The zero-order valence-corrected chi connectivity index (χ0v) is 18.9. The minimum Gasteiger partial charge on any atom is -0.481 e. The van der Waals surface area contributed by atoms with Gasteiger partial charge in [0, 0.05) is 12.8 Å². The summed E-state index contributed by atoms with van der Waals surface area (Å²) in [4.78, 5) is 30.2. The Labute approximate surface area is 182 Å². The third kappa shape index (κ3) is 28.6. The first-order chi connectivity index (χ1) is 14.3. The van der Waals surface area contributed by atoms with E-state index in [1.807, 2.05) is 0 Å². The van der Waals surface area contributed by atoms with E-state index in [1.165, 1.54) is 83.5 Å². The highest BCUT2D eigenvalue weighted by Gasteiger charge is 2.12. The topological polar surface area (TPSA) is 138 Å². The van der Waals surface area contributed by atoms with Crippen LogP contribution in [0, 0.1) is 0 Å². The molecule has 1 unspecified atom stereocenters. The number of hydrogen-bond acceptors (Lipinski definition) is 4. The number of rotatable bonds is 20. The second kappa shape index (κ2) is 23.6. The van der Waals surface area contributed by atoms with Crippen LogP contribution in [-0.2, 0) is 14.4 Å². The molecular weight excluding hydrogens is 386 g/mol. The Morgan fingerprint density at radius 3 is 1.23 bits per heavy atom. The highest BCUT2D eigenvalue weighted by Crippen LogP contribution is 2.13. The van der Waals surface area contributed by atoms with Gasteiger partial charge in [0.25, 0.3) is 0 Å². The normalized spacial score (nSPS) is 11.4. The molecule has 0 saturated carbocycles.